The Morgan fingerprint density at radius 1 is 1.13 bits per heavy atom. The maximum atomic E-state index is 12.5. The first-order valence-electron chi connectivity index (χ1n) is 7.64. The summed E-state index contributed by atoms with van der Waals surface area (Å²) in [7, 11) is 1.50. The molecule has 1 amide bonds. The average molecular weight is 312 g/mol. The first-order valence-corrected chi connectivity index (χ1v) is 7.64. The molecule has 6 nitrogen and oxygen atoms in total. The van der Waals surface area contributed by atoms with Crippen LogP contribution in [-0.2, 0) is 0 Å². The summed E-state index contributed by atoms with van der Waals surface area (Å²) >= 11 is 0. The highest BCUT2D eigenvalue weighted by Gasteiger charge is 2.22. The van der Waals surface area contributed by atoms with Crippen molar-refractivity contribution in [3.63, 3.8) is 0 Å². The van der Waals surface area contributed by atoms with Gasteiger partial charge in [-0.25, -0.2) is 9.97 Å². The molecule has 0 N–H and O–H groups in total. The van der Waals surface area contributed by atoms with E-state index in [2.05, 4.69) is 46.1 Å². The van der Waals surface area contributed by atoms with Gasteiger partial charge in [-0.3, -0.25) is 4.79 Å². The van der Waals surface area contributed by atoms with Crippen molar-refractivity contribution in [2.24, 2.45) is 0 Å². The van der Waals surface area contributed by atoms with Crippen molar-refractivity contribution in [3.05, 3.63) is 47.8 Å². The first kappa shape index (κ1) is 15.3. The zero-order chi connectivity index (χ0) is 16.2. The van der Waals surface area contributed by atoms with Gasteiger partial charge in [0.2, 0.25) is 0 Å². The van der Waals surface area contributed by atoms with Crippen molar-refractivity contribution in [3.8, 4) is 6.01 Å². The van der Waals surface area contributed by atoms with Crippen LogP contribution < -0.4 is 9.64 Å². The quantitative estimate of drug-likeness (QED) is 0.864. The molecule has 0 bridgehead atoms. The molecule has 1 fully saturated rings. The van der Waals surface area contributed by atoms with Gasteiger partial charge in [0.1, 0.15) is 0 Å². The molecule has 0 radical (unpaired) electrons. The first-order chi connectivity index (χ1) is 11.2. The van der Waals surface area contributed by atoms with E-state index in [0.717, 1.165) is 13.1 Å². The monoisotopic (exact) mass is 312 g/mol. The van der Waals surface area contributed by atoms with Gasteiger partial charge in [-0.15, -0.1) is 0 Å². The van der Waals surface area contributed by atoms with Crippen LogP contribution in [0.1, 0.15) is 15.9 Å². The molecule has 0 atom stereocenters. The predicted octanol–water partition coefficient (Wildman–Crippen LogP) is 1.76. The summed E-state index contributed by atoms with van der Waals surface area (Å²) in [5.74, 6) is -0.0310. The van der Waals surface area contributed by atoms with Gasteiger partial charge >= 0.3 is 6.01 Å². The van der Waals surface area contributed by atoms with E-state index in [-0.39, 0.29) is 11.9 Å². The van der Waals surface area contributed by atoms with Crippen LogP contribution in [0, 0.1) is 6.92 Å². The molecular weight excluding hydrogens is 292 g/mol. The summed E-state index contributed by atoms with van der Waals surface area (Å²) in [4.78, 5) is 24.6. The number of ether oxygens (including phenoxy) is 1. The molecule has 1 saturated heterocycles. The maximum Gasteiger partial charge on any atom is 0.316 e. The molecule has 3 rings (SSSR count). The molecule has 120 valence electrons. The number of rotatable bonds is 3. The van der Waals surface area contributed by atoms with Gasteiger partial charge in [-0.05, 0) is 24.6 Å². The molecule has 1 aliphatic heterocycles. The number of benzene rings is 1. The Kier molecular flexibility index (Phi) is 4.41. The number of amides is 1. The van der Waals surface area contributed by atoms with E-state index >= 15 is 0 Å². The zero-order valence-electron chi connectivity index (χ0n) is 13.4. The third-order valence-electron chi connectivity index (χ3n) is 3.99. The summed E-state index contributed by atoms with van der Waals surface area (Å²) in [5, 5.41) is 0. The highest BCUT2D eigenvalue weighted by atomic mass is 16.5. The predicted molar refractivity (Wildman–Crippen MR) is 87.9 cm³/mol. The number of piperazine rings is 1. The minimum atomic E-state index is -0.0310. The van der Waals surface area contributed by atoms with Gasteiger partial charge in [0, 0.05) is 44.3 Å². The summed E-state index contributed by atoms with van der Waals surface area (Å²) in [6.07, 6.45) is 3.03. The third-order valence-corrected chi connectivity index (χ3v) is 3.99. The molecule has 0 saturated carbocycles. The number of aromatic nitrogens is 2. The highest BCUT2D eigenvalue weighted by Crippen LogP contribution is 2.18. The molecule has 0 unspecified atom stereocenters. The van der Waals surface area contributed by atoms with Crippen LogP contribution in [0.2, 0.25) is 0 Å². The zero-order valence-corrected chi connectivity index (χ0v) is 13.4. The van der Waals surface area contributed by atoms with E-state index in [0.29, 0.717) is 18.7 Å². The lowest BCUT2D eigenvalue weighted by Crippen LogP contribution is -2.48. The molecule has 6 heteroatoms. The second-order valence-electron chi connectivity index (χ2n) is 5.58. The van der Waals surface area contributed by atoms with Crippen LogP contribution in [0.5, 0.6) is 6.01 Å². The lowest BCUT2D eigenvalue weighted by molar-refractivity contribution is 0.0745. The standard InChI is InChI=1S/C17H20N4O2/c1-13-4-3-5-15(10-13)20-6-8-21(9-7-20)16(22)14-11-18-17(23-2)19-12-14/h3-5,10-12H,6-9H2,1-2H3. The van der Waals surface area contributed by atoms with E-state index in [1.165, 1.54) is 30.8 Å². The Hall–Kier alpha value is -2.63. The second-order valence-corrected chi connectivity index (χ2v) is 5.58. The van der Waals surface area contributed by atoms with Crippen molar-refractivity contribution >= 4 is 11.6 Å². The summed E-state index contributed by atoms with van der Waals surface area (Å²) in [6, 6.07) is 8.71. The van der Waals surface area contributed by atoms with Gasteiger partial charge in [0.15, 0.2) is 0 Å². The van der Waals surface area contributed by atoms with E-state index in [1.54, 1.807) is 0 Å². The summed E-state index contributed by atoms with van der Waals surface area (Å²) in [5.41, 5.74) is 2.95. The van der Waals surface area contributed by atoms with Crippen molar-refractivity contribution in [2.75, 3.05) is 38.2 Å². The highest BCUT2D eigenvalue weighted by molar-refractivity contribution is 5.93. The number of carbonyl (C=O) groups excluding carboxylic acids is 1. The molecule has 0 spiro atoms. The van der Waals surface area contributed by atoms with E-state index < -0.39 is 0 Å². The number of anilines is 1. The molecule has 1 aromatic carbocycles. The fraction of sp³-hybridized carbons (Fsp3) is 0.353. The van der Waals surface area contributed by atoms with Crippen molar-refractivity contribution in [1.29, 1.82) is 0 Å². The van der Waals surface area contributed by atoms with Gasteiger partial charge in [-0.2, -0.15) is 0 Å². The smallest absolute Gasteiger partial charge is 0.316 e. The number of hydrogen-bond donors (Lipinski definition) is 0. The van der Waals surface area contributed by atoms with Crippen LogP contribution in [-0.4, -0.2) is 54.1 Å². The number of methoxy groups -OCH3 is 1. The van der Waals surface area contributed by atoms with E-state index in [9.17, 15) is 4.79 Å². The Morgan fingerprint density at radius 3 is 2.43 bits per heavy atom. The summed E-state index contributed by atoms with van der Waals surface area (Å²) < 4.78 is 4.91. The fourth-order valence-corrected chi connectivity index (χ4v) is 2.71. The Bertz CT molecular complexity index is 679. The van der Waals surface area contributed by atoms with Gasteiger partial charge in [0.25, 0.3) is 5.91 Å². The van der Waals surface area contributed by atoms with Crippen LogP contribution in [0.25, 0.3) is 0 Å². The lowest BCUT2D eigenvalue weighted by Gasteiger charge is -2.36. The topological polar surface area (TPSA) is 58.6 Å². The van der Waals surface area contributed by atoms with E-state index in [4.69, 9.17) is 4.74 Å². The largest absolute Gasteiger partial charge is 0.467 e. The number of aryl methyl sites for hydroxylation is 1. The fourth-order valence-electron chi connectivity index (χ4n) is 2.71. The molecule has 2 heterocycles. The van der Waals surface area contributed by atoms with Crippen molar-refractivity contribution in [2.45, 2.75) is 6.92 Å². The lowest BCUT2D eigenvalue weighted by atomic mass is 10.2. The van der Waals surface area contributed by atoms with Gasteiger partial charge < -0.3 is 14.5 Å². The Labute approximate surface area is 135 Å². The Balaban J connectivity index is 1.62. The van der Waals surface area contributed by atoms with Gasteiger partial charge in [0.05, 0.1) is 12.7 Å². The number of hydrogen-bond acceptors (Lipinski definition) is 5. The van der Waals surface area contributed by atoms with Gasteiger partial charge in [-0.1, -0.05) is 12.1 Å². The minimum absolute atomic E-state index is 0.0310. The molecular formula is C17H20N4O2. The number of carbonyl (C=O) groups is 1. The third kappa shape index (κ3) is 3.41. The second kappa shape index (κ2) is 6.64. The maximum absolute atomic E-state index is 12.5. The average Bonchev–Trinajstić information content (AvgIpc) is 2.61. The van der Waals surface area contributed by atoms with Crippen LogP contribution >= 0.6 is 0 Å². The van der Waals surface area contributed by atoms with Crippen molar-refractivity contribution < 1.29 is 9.53 Å². The SMILES string of the molecule is COc1ncc(C(=O)N2CCN(c3cccc(C)c3)CC2)cn1. The minimum Gasteiger partial charge on any atom is -0.467 e. The molecule has 1 aliphatic rings. The normalized spacial score (nSPS) is 14.7. The summed E-state index contributed by atoms with van der Waals surface area (Å²) in [6.45, 7) is 5.13. The molecule has 1 aromatic heterocycles. The molecule has 23 heavy (non-hydrogen) atoms. The van der Waals surface area contributed by atoms with Crippen LogP contribution in [0.4, 0.5) is 5.69 Å². The van der Waals surface area contributed by atoms with Crippen LogP contribution in [0.3, 0.4) is 0 Å². The van der Waals surface area contributed by atoms with Crippen LogP contribution in [0.15, 0.2) is 36.7 Å². The van der Waals surface area contributed by atoms with E-state index in [1.807, 2.05) is 4.90 Å². The Morgan fingerprint density at radius 2 is 1.83 bits per heavy atom. The van der Waals surface area contributed by atoms with Crippen molar-refractivity contribution in [1.82, 2.24) is 14.9 Å². The molecule has 2 aromatic rings. The number of nitrogens with zero attached hydrogens (tertiary/aromatic N) is 4. The molecule has 0 aliphatic carbocycles.